The maximum Gasteiger partial charge on any atom is 0.320 e. The standard InChI is InChI=1S/C15H24N2O4/c18-13(19)11-4-7-16(9-11)14(20)17-8-6-15(21)5-2-1-3-12(15)10-17/h11-12,21H,1-10H2,(H,18,19). The summed E-state index contributed by atoms with van der Waals surface area (Å²) in [6, 6.07) is -0.0497. The van der Waals surface area contributed by atoms with Gasteiger partial charge in [0.1, 0.15) is 0 Å². The van der Waals surface area contributed by atoms with Crippen LogP contribution in [0.15, 0.2) is 0 Å². The van der Waals surface area contributed by atoms with Gasteiger partial charge in [0, 0.05) is 32.1 Å². The number of rotatable bonds is 1. The average Bonchev–Trinajstić information content (AvgIpc) is 2.95. The summed E-state index contributed by atoms with van der Waals surface area (Å²) in [6.07, 6.45) is 5.23. The van der Waals surface area contributed by atoms with Gasteiger partial charge < -0.3 is 20.0 Å². The van der Waals surface area contributed by atoms with Crippen LogP contribution in [0.25, 0.3) is 0 Å². The molecule has 2 heterocycles. The lowest BCUT2D eigenvalue weighted by atomic mass is 9.71. The average molecular weight is 296 g/mol. The van der Waals surface area contributed by atoms with Crippen molar-refractivity contribution in [2.24, 2.45) is 11.8 Å². The van der Waals surface area contributed by atoms with E-state index in [4.69, 9.17) is 5.11 Å². The van der Waals surface area contributed by atoms with E-state index in [1.54, 1.807) is 4.90 Å². The largest absolute Gasteiger partial charge is 0.481 e. The fraction of sp³-hybridized carbons (Fsp3) is 0.867. The van der Waals surface area contributed by atoms with Gasteiger partial charge in [0.15, 0.2) is 0 Å². The van der Waals surface area contributed by atoms with Crippen molar-refractivity contribution in [1.29, 1.82) is 0 Å². The molecule has 21 heavy (non-hydrogen) atoms. The number of urea groups is 1. The minimum atomic E-state index is -0.814. The van der Waals surface area contributed by atoms with E-state index in [1.165, 1.54) is 0 Å². The lowest BCUT2D eigenvalue weighted by Gasteiger charge is -2.47. The number of amides is 2. The Balaban J connectivity index is 1.60. The summed E-state index contributed by atoms with van der Waals surface area (Å²) in [5.74, 6) is -1.06. The Morgan fingerprint density at radius 2 is 1.76 bits per heavy atom. The molecular formula is C15H24N2O4. The van der Waals surface area contributed by atoms with Crippen molar-refractivity contribution >= 4 is 12.0 Å². The van der Waals surface area contributed by atoms with Gasteiger partial charge in [-0.05, 0) is 25.7 Å². The van der Waals surface area contributed by atoms with Crippen LogP contribution in [0.1, 0.15) is 38.5 Å². The number of hydrogen-bond acceptors (Lipinski definition) is 3. The first-order valence-corrected chi connectivity index (χ1v) is 7.99. The number of carboxylic acid groups (broad SMARTS) is 1. The summed E-state index contributed by atoms with van der Waals surface area (Å²) in [5, 5.41) is 19.7. The van der Waals surface area contributed by atoms with Crippen LogP contribution in [0.5, 0.6) is 0 Å². The highest BCUT2D eigenvalue weighted by molar-refractivity contribution is 5.77. The van der Waals surface area contributed by atoms with Crippen molar-refractivity contribution in [3.05, 3.63) is 0 Å². The Hall–Kier alpha value is -1.30. The first-order valence-electron chi connectivity index (χ1n) is 7.99. The molecule has 2 aliphatic heterocycles. The molecule has 2 N–H and O–H groups in total. The first kappa shape index (κ1) is 14.6. The van der Waals surface area contributed by atoms with Crippen LogP contribution in [0.4, 0.5) is 4.79 Å². The number of hydrogen-bond donors (Lipinski definition) is 2. The molecule has 0 radical (unpaired) electrons. The number of aliphatic carboxylic acids is 1. The van der Waals surface area contributed by atoms with Gasteiger partial charge in [0.05, 0.1) is 11.5 Å². The van der Waals surface area contributed by atoms with Crippen LogP contribution in [0.3, 0.4) is 0 Å². The Kier molecular flexibility index (Phi) is 3.82. The lowest BCUT2D eigenvalue weighted by molar-refractivity contribution is -0.141. The zero-order valence-corrected chi connectivity index (χ0v) is 12.3. The fourth-order valence-corrected chi connectivity index (χ4v) is 4.08. The third-order valence-corrected chi connectivity index (χ3v) is 5.51. The molecule has 3 aliphatic rings. The van der Waals surface area contributed by atoms with Crippen LogP contribution >= 0.6 is 0 Å². The second-order valence-corrected chi connectivity index (χ2v) is 6.79. The molecule has 0 aromatic rings. The SMILES string of the molecule is O=C(O)C1CCN(C(=O)N2CCC3(O)CCCCC3C2)C1. The Labute approximate surface area is 124 Å². The molecular weight excluding hydrogens is 272 g/mol. The summed E-state index contributed by atoms with van der Waals surface area (Å²) in [5.41, 5.74) is -0.580. The highest BCUT2D eigenvalue weighted by Crippen LogP contribution is 2.40. The van der Waals surface area contributed by atoms with E-state index < -0.39 is 17.5 Å². The van der Waals surface area contributed by atoms with Gasteiger partial charge in [-0.2, -0.15) is 0 Å². The van der Waals surface area contributed by atoms with Gasteiger partial charge in [-0.3, -0.25) is 4.79 Å². The van der Waals surface area contributed by atoms with E-state index in [1.807, 2.05) is 4.90 Å². The van der Waals surface area contributed by atoms with Gasteiger partial charge in [-0.15, -0.1) is 0 Å². The van der Waals surface area contributed by atoms with E-state index in [-0.39, 0.29) is 11.9 Å². The van der Waals surface area contributed by atoms with Gasteiger partial charge in [-0.25, -0.2) is 4.79 Å². The molecule has 2 amide bonds. The molecule has 6 nitrogen and oxygen atoms in total. The number of aliphatic hydroxyl groups is 1. The Morgan fingerprint density at radius 1 is 1.00 bits per heavy atom. The zero-order valence-electron chi connectivity index (χ0n) is 12.3. The van der Waals surface area contributed by atoms with Gasteiger partial charge in [0.25, 0.3) is 0 Å². The highest BCUT2D eigenvalue weighted by atomic mass is 16.4. The van der Waals surface area contributed by atoms with Crippen molar-refractivity contribution in [2.75, 3.05) is 26.2 Å². The van der Waals surface area contributed by atoms with E-state index in [0.29, 0.717) is 39.0 Å². The molecule has 118 valence electrons. The second-order valence-electron chi connectivity index (χ2n) is 6.79. The predicted octanol–water partition coefficient (Wildman–Crippen LogP) is 1.14. The number of piperidine rings is 1. The molecule has 3 rings (SSSR count). The van der Waals surface area contributed by atoms with Gasteiger partial charge in [-0.1, -0.05) is 12.8 Å². The molecule has 0 aromatic heterocycles. The second kappa shape index (κ2) is 5.48. The third-order valence-electron chi connectivity index (χ3n) is 5.51. The summed E-state index contributed by atoms with van der Waals surface area (Å²) in [4.78, 5) is 27.0. The number of likely N-dealkylation sites (tertiary alicyclic amines) is 2. The number of fused-ring (bicyclic) bond motifs is 1. The summed E-state index contributed by atoms with van der Waals surface area (Å²) in [6.45, 7) is 2.05. The number of carbonyl (C=O) groups excluding carboxylic acids is 1. The van der Waals surface area contributed by atoms with Crippen molar-refractivity contribution < 1.29 is 19.8 Å². The zero-order chi connectivity index (χ0) is 15.0. The van der Waals surface area contributed by atoms with Crippen LogP contribution in [-0.2, 0) is 4.79 Å². The first-order chi connectivity index (χ1) is 9.99. The molecule has 6 heteroatoms. The Bertz CT molecular complexity index is 441. The molecule has 0 spiro atoms. The van der Waals surface area contributed by atoms with Crippen LogP contribution in [0.2, 0.25) is 0 Å². The topological polar surface area (TPSA) is 81.1 Å². The highest BCUT2D eigenvalue weighted by Gasteiger charge is 2.45. The van der Waals surface area contributed by atoms with Crippen molar-refractivity contribution in [3.8, 4) is 0 Å². The third kappa shape index (κ3) is 2.73. The minimum absolute atomic E-state index is 0.0497. The van der Waals surface area contributed by atoms with Gasteiger partial charge >= 0.3 is 12.0 Å². The van der Waals surface area contributed by atoms with Crippen LogP contribution in [0, 0.1) is 11.8 Å². The normalized spacial score (nSPS) is 36.4. The smallest absolute Gasteiger partial charge is 0.320 e. The molecule has 0 aromatic carbocycles. The monoisotopic (exact) mass is 296 g/mol. The van der Waals surface area contributed by atoms with Crippen molar-refractivity contribution in [1.82, 2.24) is 9.80 Å². The fourth-order valence-electron chi connectivity index (χ4n) is 4.08. The predicted molar refractivity (Wildman–Crippen MR) is 75.8 cm³/mol. The molecule has 3 atom stereocenters. The summed E-state index contributed by atoms with van der Waals surface area (Å²) in [7, 11) is 0. The lowest BCUT2D eigenvalue weighted by Crippen LogP contribution is -2.56. The van der Waals surface area contributed by atoms with Crippen LogP contribution < -0.4 is 0 Å². The van der Waals surface area contributed by atoms with Gasteiger partial charge in [0.2, 0.25) is 0 Å². The summed E-state index contributed by atoms with van der Waals surface area (Å²) >= 11 is 0. The van der Waals surface area contributed by atoms with Crippen molar-refractivity contribution in [3.63, 3.8) is 0 Å². The van der Waals surface area contributed by atoms with E-state index in [9.17, 15) is 14.7 Å². The number of carboxylic acids is 1. The van der Waals surface area contributed by atoms with Crippen LogP contribution in [-0.4, -0.2) is 63.8 Å². The van der Waals surface area contributed by atoms with E-state index >= 15 is 0 Å². The molecule has 2 saturated heterocycles. The number of nitrogens with zero attached hydrogens (tertiary/aromatic N) is 2. The molecule has 1 saturated carbocycles. The molecule has 3 fully saturated rings. The van der Waals surface area contributed by atoms with Crippen molar-refractivity contribution in [2.45, 2.75) is 44.1 Å². The van der Waals surface area contributed by atoms with E-state index in [2.05, 4.69) is 0 Å². The minimum Gasteiger partial charge on any atom is -0.481 e. The molecule has 0 bridgehead atoms. The molecule has 3 unspecified atom stereocenters. The Morgan fingerprint density at radius 3 is 2.48 bits per heavy atom. The maximum atomic E-state index is 12.5. The maximum absolute atomic E-state index is 12.5. The quantitative estimate of drug-likeness (QED) is 0.760. The number of carbonyl (C=O) groups is 2. The summed E-state index contributed by atoms with van der Waals surface area (Å²) < 4.78 is 0. The molecule has 1 aliphatic carbocycles. The van der Waals surface area contributed by atoms with E-state index in [0.717, 1.165) is 25.7 Å².